The fraction of sp³-hybridized carbons (Fsp3) is 0.318. The summed E-state index contributed by atoms with van der Waals surface area (Å²) in [4.78, 5) is 24.0. The van der Waals surface area contributed by atoms with Gasteiger partial charge in [0.05, 0.1) is 11.3 Å². The molecular weight excluding hydrogens is 364 g/mol. The van der Waals surface area contributed by atoms with E-state index in [1.54, 1.807) is 6.07 Å². The highest BCUT2D eigenvalue weighted by Gasteiger charge is 2.43. The molecule has 1 heterocycles. The number of aryl methyl sites for hydroxylation is 1. The first-order chi connectivity index (χ1) is 14.0. The average molecular weight is 390 g/mol. The van der Waals surface area contributed by atoms with Gasteiger partial charge < -0.3 is 16.8 Å². The van der Waals surface area contributed by atoms with Gasteiger partial charge in [0.25, 0.3) is 5.91 Å². The van der Waals surface area contributed by atoms with E-state index in [-0.39, 0.29) is 17.8 Å². The molecule has 0 unspecified atom stereocenters. The van der Waals surface area contributed by atoms with Gasteiger partial charge in [-0.2, -0.15) is 4.99 Å². The average Bonchev–Trinajstić information content (AvgIpc) is 2.70. The van der Waals surface area contributed by atoms with Crippen LogP contribution in [0.5, 0.6) is 0 Å². The van der Waals surface area contributed by atoms with Crippen molar-refractivity contribution < 1.29 is 4.79 Å². The maximum Gasteiger partial charge on any atom is 0.257 e. The topological polar surface area (TPSA) is 109 Å². The van der Waals surface area contributed by atoms with Crippen LogP contribution in [0.15, 0.2) is 58.5 Å². The molecule has 7 nitrogen and oxygen atoms in total. The molecule has 4 rings (SSSR count). The minimum Gasteiger partial charge on any atom is -0.369 e. The van der Waals surface area contributed by atoms with E-state index >= 15 is 0 Å². The summed E-state index contributed by atoms with van der Waals surface area (Å²) >= 11 is 0. The number of hydrogen-bond acceptors (Lipinski definition) is 6. The van der Waals surface area contributed by atoms with Crippen molar-refractivity contribution in [2.75, 3.05) is 10.2 Å². The van der Waals surface area contributed by atoms with Gasteiger partial charge in [-0.15, -0.1) is 0 Å². The lowest BCUT2D eigenvalue weighted by atomic mass is 9.87. The second-order valence-electron chi connectivity index (χ2n) is 7.60. The number of hydrogen-bond donors (Lipinski definition) is 3. The van der Waals surface area contributed by atoms with Crippen molar-refractivity contribution in [2.45, 2.75) is 44.7 Å². The Morgan fingerprint density at radius 2 is 1.72 bits per heavy atom. The zero-order valence-corrected chi connectivity index (χ0v) is 16.6. The van der Waals surface area contributed by atoms with E-state index in [1.807, 2.05) is 54.3 Å². The van der Waals surface area contributed by atoms with Crippen LogP contribution in [0.2, 0.25) is 0 Å². The minimum atomic E-state index is -0.590. The number of carbonyl (C=O) groups is 1. The van der Waals surface area contributed by atoms with E-state index in [9.17, 15) is 4.79 Å². The summed E-state index contributed by atoms with van der Waals surface area (Å²) in [5.41, 5.74) is 14.7. The zero-order valence-electron chi connectivity index (χ0n) is 16.6. The van der Waals surface area contributed by atoms with Crippen LogP contribution < -0.4 is 21.7 Å². The van der Waals surface area contributed by atoms with Crippen molar-refractivity contribution in [3.63, 3.8) is 0 Å². The standard InChI is InChI=1S/C22H26N6O/c1-15-9-3-5-11-17(15)25-19(29)16-10-4-6-12-18(16)28-21(24)26-20(23)27-22(28)13-7-2-8-14-22/h3-6,9-12H,2,7-8,13-14H2,1H3,(H,25,29)(H4,23,24,26,27). The molecule has 150 valence electrons. The minimum absolute atomic E-state index is 0.197. The number of amides is 1. The summed E-state index contributed by atoms with van der Waals surface area (Å²) in [6, 6.07) is 15.1. The first kappa shape index (κ1) is 19.0. The van der Waals surface area contributed by atoms with E-state index in [0.29, 0.717) is 11.3 Å². The van der Waals surface area contributed by atoms with Gasteiger partial charge in [0.1, 0.15) is 5.66 Å². The van der Waals surface area contributed by atoms with E-state index < -0.39 is 5.66 Å². The first-order valence-electron chi connectivity index (χ1n) is 9.96. The molecular formula is C22H26N6O. The van der Waals surface area contributed by atoms with Crippen LogP contribution in [0.3, 0.4) is 0 Å². The molecule has 1 aliphatic carbocycles. The van der Waals surface area contributed by atoms with Crippen molar-refractivity contribution >= 4 is 29.2 Å². The van der Waals surface area contributed by atoms with E-state index in [4.69, 9.17) is 16.5 Å². The molecule has 29 heavy (non-hydrogen) atoms. The quantitative estimate of drug-likeness (QED) is 0.746. The highest BCUT2D eigenvalue weighted by atomic mass is 16.1. The van der Waals surface area contributed by atoms with Crippen molar-refractivity contribution in [1.29, 1.82) is 0 Å². The Balaban J connectivity index is 1.75. The molecule has 7 heteroatoms. The molecule has 2 aromatic carbocycles. The lowest BCUT2D eigenvalue weighted by Gasteiger charge is -2.46. The van der Waals surface area contributed by atoms with Crippen molar-refractivity contribution in [1.82, 2.24) is 0 Å². The number of guanidine groups is 2. The molecule has 2 aromatic rings. The summed E-state index contributed by atoms with van der Waals surface area (Å²) in [7, 11) is 0. The molecule has 0 saturated heterocycles. The SMILES string of the molecule is Cc1ccccc1NC(=O)c1ccccc1N1C(N)=NC(N)=NC12CCCCC2. The monoisotopic (exact) mass is 390 g/mol. The van der Waals surface area contributed by atoms with Gasteiger partial charge >= 0.3 is 0 Å². The van der Waals surface area contributed by atoms with Gasteiger partial charge in [0, 0.05) is 5.69 Å². The number of para-hydroxylation sites is 2. The van der Waals surface area contributed by atoms with Crippen molar-refractivity contribution in [3.05, 3.63) is 59.7 Å². The number of anilines is 2. The molecule has 1 aliphatic heterocycles. The summed E-state index contributed by atoms with van der Waals surface area (Å²) in [6.07, 6.45) is 4.84. The number of nitrogens with two attached hydrogens (primary N) is 2. The molecule has 1 amide bonds. The van der Waals surface area contributed by atoms with Crippen molar-refractivity contribution in [3.8, 4) is 0 Å². The lowest BCUT2D eigenvalue weighted by molar-refractivity contribution is 0.102. The first-order valence-corrected chi connectivity index (χ1v) is 9.96. The highest BCUT2D eigenvalue weighted by Crippen LogP contribution is 2.40. The van der Waals surface area contributed by atoms with E-state index in [1.165, 1.54) is 0 Å². The third-order valence-electron chi connectivity index (χ3n) is 5.63. The fourth-order valence-corrected chi connectivity index (χ4v) is 4.23. The van der Waals surface area contributed by atoms with Gasteiger partial charge in [-0.25, -0.2) is 4.99 Å². The van der Waals surface area contributed by atoms with Crippen LogP contribution in [0.1, 0.15) is 48.0 Å². The second kappa shape index (κ2) is 7.58. The molecule has 0 bridgehead atoms. The molecule has 1 saturated carbocycles. The smallest absolute Gasteiger partial charge is 0.257 e. The van der Waals surface area contributed by atoms with Gasteiger partial charge in [0.2, 0.25) is 11.9 Å². The van der Waals surface area contributed by atoms with Gasteiger partial charge in [0.15, 0.2) is 0 Å². The number of benzene rings is 2. The third kappa shape index (κ3) is 3.55. The predicted molar refractivity (Wildman–Crippen MR) is 117 cm³/mol. The van der Waals surface area contributed by atoms with Crippen LogP contribution in [0.4, 0.5) is 11.4 Å². The van der Waals surface area contributed by atoms with E-state index in [2.05, 4.69) is 10.3 Å². The number of rotatable bonds is 3. The van der Waals surface area contributed by atoms with Crippen LogP contribution >= 0.6 is 0 Å². The van der Waals surface area contributed by atoms with Crippen molar-refractivity contribution in [2.24, 2.45) is 21.5 Å². The number of aliphatic imine (C=N–C) groups is 2. The molecule has 0 atom stereocenters. The Morgan fingerprint density at radius 3 is 2.48 bits per heavy atom. The Kier molecular flexibility index (Phi) is 4.96. The maximum atomic E-state index is 13.2. The van der Waals surface area contributed by atoms with Crippen LogP contribution in [-0.4, -0.2) is 23.5 Å². The summed E-state index contributed by atoms with van der Waals surface area (Å²) in [5, 5.41) is 3.01. The molecule has 2 aliphatic rings. The zero-order chi connectivity index (χ0) is 20.4. The van der Waals surface area contributed by atoms with E-state index in [0.717, 1.165) is 43.4 Å². The number of carbonyl (C=O) groups excluding carboxylic acids is 1. The maximum absolute atomic E-state index is 13.2. The molecule has 5 N–H and O–H groups in total. The normalized spacial score (nSPS) is 18.2. The third-order valence-corrected chi connectivity index (χ3v) is 5.63. The Labute approximate surface area is 170 Å². The van der Waals surface area contributed by atoms with Gasteiger partial charge in [-0.3, -0.25) is 9.69 Å². The van der Waals surface area contributed by atoms with Crippen LogP contribution in [0.25, 0.3) is 0 Å². The summed E-state index contributed by atoms with van der Waals surface area (Å²) in [6.45, 7) is 1.96. The fourth-order valence-electron chi connectivity index (χ4n) is 4.23. The number of nitrogens with one attached hydrogen (secondary N) is 1. The van der Waals surface area contributed by atoms with Gasteiger partial charge in [-0.05, 0) is 56.4 Å². The molecule has 0 radical (unpaired) electrons. The van der Waals surface area contributed by atoms with Gasteiger partial charge in [-0.1, -0.05) is 36.8 Å². The Bertz CT molecular complexity index is 990. The summed E-state index contributed by atoms with van der Waals surface area (Å²) < 4.78 is 0. The van der Waals surface area contributed by atoms with Crippen LogP contribution in [-0.2, 0) is 0 Å². The molecule has 1 spiro atoms. The lowest BCUT2D eigenvalue weighted by Crippen LogP contribution is -2.58. The Morgan fingerprint density at radius 1 is 1.03 bits per heavy atom. The highest BCUT2D eigenvalue weighted by molar-refractivity contribution is 6.13. The molecule has 0 aromatic heterocycles. The largest absolute Gasteiger partial charge is 0.369 e. The summed E-state index contributed by atoms with van der Waals surface area (Å²) in [5.74, 6) is 0.272. The second-order valence-corrected chi connectivity index (χ2v) is 7.60. The number of nitrogens with zero attached hydrogens (tertiary/aromatic N) is 3. The predicted octanol–water partition coefficient (Wildman–Crippen LogP) is 3.36. The van der Waals surface area contributed by atoms with Crippen LogP contribution in [0, 0.1) is 6.92 Å². The Hall–Kier alpha value is -3.35. The molecule has 1 fully saturated rings.